The molecular formula is C20H20BrNO4. The molecule has 1 amide bonds. The van der Waals surface area contributed by atoms with E-state index < -0.39 is 5.97 Å². The van der Waals surface area contributed by atoms with E-state index in [4.69, 9.17) is 9.47 Å². The van der Waals surface area contributed by atoms with Gasteiger partial charge in [-0.1, -0.05) is 40.2 Å². The maximum Gasteiger partial charge on any atom is 0.331 e. The molecule has 0 saturated heterocycles. The number of amides is 1. The molecule has 0 heterocycles. The van der Waals surface area contributed by atoms with Gasteiger partial charge in [-0.15, -0.1) is 0 Å². The van der Waals surface area contributed by atoms with Crippen LogP contribution in [-0.2, 0) is 20.7 Å². The van der Waals surface area contributed by atoms with Crippen LogP contribution in [0, 0.1) is 0 Å². The van der Waals surface area contributed by atoms with Gasteiger partial charge in [-0.05, 0) is 47.9 Å². The Morgan fingerprint density at radius 1 is 1.08 bits per heavy atom. The third-order valence-electron chi connectivity index (χ3n) is 3.52. The molecule has 2 aromatic carbocycles. The summed E-state index contributed by atoms with van der Waals surface area (Å²) in [6, 6.07) is 15.1. The molecule has 26 heavy (non-hydrogen) atoms. The van der Waals surface area contributed by atoms with Gasteiger partial charge in [0.1, 0.15) is 5.75 Å². The van der Waals surface area contributed by atoms with Crippen molar-refractivity contribution < 1.29 is 19.1 Å². The van der Waals surface area contributed by atoms with Crippen LogP contribution in [-0.4, -0.2) is 32.1 Å². The van der Waals surface area contributed by atoms with Crippen LogP contribution in [0.3, 0.4) is 0 Å². The number of methoxy groups -OCH3 is 1. The van der Waals surface area contributed by atoms with Crippen molar-refractivity contribution in [3.63, 3.8) is 0 Å². The maximum atomic E-state index is 11.7. The van der Waals surface area contributed by atoms with Crippen LogP contribution in [0.2, 0.25) is 0 Å². The number of halogens is 1. The van der Waals surface area contributed by atoms with Crippen molar-refractivity contribution in [1.82, 2.24) is 5.32 Å². The van der Waals surface area contributed by atoms with Gasteiger partial charge in [0.2, 0.25) is 0 Å². The molecule has 2 rings (SSSR count). The van der Waals surface area contributed by atoms with Gasteiger partial charge in [0.25, 0.3) is 5.91 Å². The lowest BCUT2D eigenvalue weighted by Gasteiger charge is -2.06. The second-order valence-corrected chi connectivity index (χ2v) is 6.36. The van der Waals surface area contributed by atoms with E-state index in [0.29, 0.717) is 13.0 Å². The summed E-state index contributed by atoms with van der Waals surface area (Å²) in [7, 11) is 1.62. The minimum atomic E-state index is -0.557. The van der Waals surface area contributed by atoms with Crippen LogP contribution in [0.5, 0.6) is 5.75 Å². The van der Waals surface area contributed by atoms with Crippen molar-refractivity contribution >= 4 is 33.9 Å². The van der Waals surface area contributed by atoms with Gasteiger partial charge in [0.05, 0.1) is 7.11 Å². The summed E-state index contributed by atoms with van der Waals surface area (Å²) in [6.07, 6.45) is 3.62. The highest BCUT2D eigenvalue weighted by molar-refractivity contribution is 9.10. The molecule has 2 aromatic rings. The van der Waals surface area contributed by atoms with Crippen LogP contribution < -0.4 is 10.1 Å². The van der Waals surface area contributed by atoms with Gasteiger partial charge in [0, 0.05) is 17.1 Å². The van der Waals surface area contributed by atoms with Gasteiger partial charge >= 0.3 is 5.97 Å². The van der Waals surface area contributed by atoms with Crippen LogP contribution in [0.25, 0.3) is 6.08 Å². The van der Waals surface area contributed by atoms with Gasteiger partial charge in [0.15, 0.2) is 6.61 Å². The SMILES string of the molecule is COc1ccc(CCNC(=O)COC(=O)/C=C/c2ccc(Br)cc2)cc1. The lowest BCUT2D eigenvalue weighted by Crippen LogP contribution is -2.30. The first-order valence-corrected chi connectivity index (χ1v) is 8.86. The highest BCUT2D eigenvalue weighted by Gasteiger charge is 2.05. The van der Waals surface area contributed by atoms with Crippen molar-refractivity contribution in [2.45, 2.75) is 6.42 Å². The molecule has 5 nitrogen and oxygen atoms in total. The summed E-state index contributed by atoms with van der Waals surface area (Å²) in [5, 5.41) is 2.72. The molecule has 0 aliphatic carbocycles. The Bertz CT molecular complexity index is 754. The maximum absolute atomic E-state index is 11.7. The van der Waals surface area contributed by atoms with E-state index in [2.05, 4.69) is 21.2 Å². The zero-order valence-corrected chi connectivity index (χ0v) is 16.0. The molecule has 0 atom stereocenters. The van der Waals surface area contributed by atoms with Gasteiger partial charge < -0.3 is 14.8 Å². The third-order valence-corrected chi connectivity index (χ3v) is 4.05. The molecule has 6 heteroatoms. The van der Waals surface area contributed by atoms with Crippen molar-refractivity contribution in [3.8, 4) is 5.75 Å². The van der Waals surface area contributed by atoms with E-state index in [1.165, 1.54) is 6.08 Å². The fourth-order valence-electron chi connectivity index (χ4n) is 2.11. The van der Waals surface area contributed by atoms with Crippen molar-refractivity contribution in [3.05, 3.63) is 70.2 Å². The number of ether oxygens (including phenoxy) is 2. The number of carbonyl (C=O) groups excluding carboxylic acids is 2. The van der Waals surface area contributed by atoms with E-state index in [1.54, 1.807) is 13.2 Å². The summed E-state index contributed by atoms with van der Waals surface area (Å²) in [4.78, 5) is 23.3. The first-order chi connectivity index (χ1) is 12.6. The van der Waals surface area contributed by atoms with E-state index in [9.17, 15) is 9.59 Å². The lowest BCUT2D eigenvalue weighted by atomic mass is 10.1. The van der Waals surface area contributed by atoms with Crippen LogP contribution in [0.15, 0.2) is 59.1 Å². The van der Waals surface area contributed by atoms with Crippen molar-refractivity contribution in [2.75, 3.05) is 20.3 Å². The highest BCUT2D eigenvalue weighted by atomic mass is 79.9. The Morgan fingerprint density at radius 2 is 1.77 bits per heavy atom. The number of carbonyl (C=O) groups is 2. The zero-order valence-electron chi connectivity index (χ0n) is 14.4. The van der Waals surface area contributed by atoms with E-state index in [-0.39, 0.29) is 12.5 Å². The number of hydrogen-bond donors (Lipinski definition) is 1. The molecule has 136 valence electrons. The zero-order chi connectivity index (χ0) is 18.8. The monoisotopic (exact) mass is 417 g/mol. The predicted molar refractivity (Wildman–Crippen MR) is 104 cm³/mol. The summed E-state index contributed by atoms with van der Waals surface area (Å²) < 4.78 is 11.0. The average molecular weight is 418 g/mol. The Kier molecular flexibility index (Phi) is 7.89. The number of benzene rings is 2. The Hall–Kier alpha value is -2.60. The molecule has 0 fully saturated rings. The number of esters is 1. The van der Waals surface area contributed by atoms with Crippen molar-refractivity contribution in [1.29, 1.82) is 0 Å². The molecule has 0 aliphatic rings. The van der Waals surface area contributed by atoms with Gasteiger partial charge in [-0.3, -0.25) is 4.79 Å². The van der Waals surface area contributed by atoms with E-state index >= 15 is 0 Å². The molecule has 0 radical (unpaired) electrons. The second kappa shape index (κ2) is 10.4. The van der Waals surface area contributed by atoms with E-state index in [0.717, 1.165) is 21.3 Å². The van der Waals surface area contributed by atoms with Gasteiger partial charge in [-0.2, -0.15) is 0 Å². The van der Waals surface area contributed by atoms with Crippen molar-refractivity contribution in [2.24, 2.45) is 0 Å². The first-order valence-electron chi connectivity index (χ1n) is 8.07. The highest BCUT2D eigenvalue weighted by Crippen LogP contribution is 2.12. The Morgan fingerprint density at radius 3 is 2.42 bits per heavy atom. The van der Waals surface area contributed by atoms with E-state index in [1.807, 2.05) is 48.5 Å². The van der Waals surface area contributed by atoms with Crippen LogP contribution in [0.1, 0.15) is 11.1 Å². The summed E-state index contributed by atoms with van der Waals surface area (Å²) >= 11 is 3.34. The molecule has 0 bridgehead atoms. The predicted octanol–water partition coefficient (Wildman–Crippen LogP) is 3.37. The number of nitrogens with one attached hydrogen (secondary N) is 1. The molecule has 1 N–H and O–H groups in total. The minimum Gasteiger partial charge on any atom is -0.497 e. The Balaban J connectivity index is 1.65. The standard InChI is InChI=1S/C20H20BrNO4/c1-25-18-9-4-16(5-10-18)12-13-22-19(23)14-26-20(24)11-6-15-2-7-17(21)8-3-15/h2-11H,12-14H2,1H3,(H,22,23)/b11-6+. The summed E-state index contributed by atoms with van der Waals surface area (Å²) in [6.45, 7) is 0.170. The van der Waals surface area contributed by atoms with Crippen LogP contribution in [0.4, 0.5) is 0 Å². The molecular weight excluding hydrogens is 398 g/mol. The largest absolute Gasteiger partial charge is 0.497 e. The normalized spacial score (nSPS) is 10.5. The summed E-state index contributed by atoms with van der Waals surface area (Å²) in [5.74, 6) is -0.0944. The molecule has 0 unspecified atom stereocenters. The quantitative estimate of drug-likeness (QED) is 0.528. The Labute approximate surface area is 161 Å². The number of rotatable bonds is 8. The molecule has 0 saturated carbocycles. The molecule has 0 aromatic heterocycles. The third kappa shape index (κ3) is 7.11. The topological polar surface area (TPSA) is 64.6 Å². The molecule has 0 aliphatic heterocycles. The lowest BCUT2D eigenvalue weighted by molar-refractivity contribution is -0.143. The van der Waals surface area contributed by atoms with Gasteiger partial charge in [-0.25, -0.2) is 4.79 Å². The smallest absolute Gasteiger partial charge is 0.331 e. The average Bonchev–Trinajstić information content (AvgIpc) is 2.66. The fraction of sp³-hybridized carbons (Fsp3) is 0.200. The second-order valence-electron chi connectivity index (χ2n) is 5.44. The van der Waals surface area contributed by atoms with Crippen LogP contribution >= 0.6 is 15.9 Å². The first kappa shape index (κ1) is 19.7. The fourth-order valence-corrected chi connectivity index (χ4v) is 2.38. The summed E-state index contributed by atoms with van der Waals surface area (Å²) in [5.41, 5.74) is 1.95. The number of hydrogen-bond acceptors (Lipinski definition) is 4. The molecule has 0 spiro atoms. The minimum absolute atomic E-state index is 0.299.